The van der Waals surface area contributed by atoms with E-state index >= 15 is 0 Å². The number of aliphatic hydroxyl groups is 1. The van der Waals surface area contributed by atoms with Crippen molar-refractivity contribution in [1.29, 1.82) is 0 Å². The Morgan fingerprint density at radius 2 is 2.05 bits per heavy atom. The van der Waals surface area contributed by atoms with Crippen molar-refractivity contribution in [2.75, 3.05) is 26.2 Å². The first-order valence-electron chi connectivity index (χ1n) is 6.60. The predicted octanol–water partition coefficient (Wildman–Crippen LogP) is 2.53. The third kappa shape index (κ3) is 5.11. The molecule has 1 aliphatic heterocycles. The van der Waals surface area contributed by atoms with Gasteiger partial charge >= 0.3 is 0 Å². The van der Waals surface area contributed by atoms with Gasteiger partial charge in [-0.05, 0) is 25.0 Å². The van der Waals surface area contributed by atoms with Gasteiger partial charge in [0.05, 0.1) is 6.04 Å². The summed E-state index contributed by atoms with van der Waals surface area (Å²) in [5.41, 5.74) is 0. The van der Waals surface area contributed by atoms with Gasteiger partial charge in [-0.1, -0.05) is 6.08 Å². The van der Waals surface area contributed by atoms with Crippen molar-refractivity contribution in [3.8, 4) is 0 Å². The van der Waals surface area contributed by atoms with Gasteiger partial charge in [-0.15, -0.1) is 31.4 Å². The Kier molecular flexibility index (Phi) is 9.98. The molecule has 1 aliphatic rings. The van der Waals surface area contributed by atoms with Gasteiger partial charge in [0.25, 0.3) is 0 Å². The maximum absolute atomic E-state index is 9.09. The van der Waals surface area contributed by atoms with Gasteiger partial charge in [-0.3, -0.25) is 4.90 Å². The number of nitrogens with zero attached hydrogens (tertiary/aromatic N) is 1. The van der Waals surface area contributed by atoms with E-state index in [0.29, 0.717) is 11.8 Å². The number of piperazine rings is 1. The number of aliphatic hydroxyl groups excluding tert-OH is 1. The normalized spacial score (nSPS) is 16.9. The van der Waals surface area contributed by atoms with Gasteiger partial charge in [-0.25, -0.2) is 0 Å². The van der Waals surface area contributed by atoms with Gasteiger partial charge in [0.15, 0.2) is 0 Å². The van der Waals surface area contributed by atoms with Crippen molar-refractivity contribution in [2.45, 2.75) is 25.5 Å². The second-order valence-corrected chi connectivity index (χ2v) is 4.63. The molecule has 116 valence electrons. The summed E-state index contributed by atoms with van der Waals surface area (Å²) in [4.78, 5) is 2.44. The highest BCUT2D eigenvalue weighted by Gasteiger charge is 2.24. The third-order valence-corrected chi connectivity index (χ3v) is 3.40. The SMILES string of the molecule is C=CCC[C@H](c1ccc(CO)o1)N1CCNCC1.Cl.Cl. The maximum Gasteiger partial charge on any atom is 0.129 e. The molecule has 1 aromatic rings. The minimum atomic E-state index is -0.0320. The lowest BCUT2D eigenvalue weighted by Gasteiger charge is -2.33. The molecule has 2 rings (SSSR count). The lowest BCUT2D eigenvalue weighted by molar-refractivity contribution is 0.142. The first kappa shape index (κ1) is 19.5. The number of rotatable bonds is 6. The van der Waals surface area contributed by atoms with Crippen LogP contribution in [0.15, 0.2) is 29.2 Å². The van der Waals surface area contributed by atoms with Crippen LogP contribution in [-0.2, 0) is 6.61 Å². The van der Waals surface area contributed by atoms with E-state index in [4.69, 9.17) is 9.52 Å². The summed E-state index contributed by atoms with van der Waals surface area (Å²) in [6, 6.07) is 4.14. The Bertz CT molecular complexity index is 379. The minimum absolute atomic E-state index is 0. The summed E-state index contributed by atoms with van der Waals surface area (Å²) in [7, 11) is 0. The van der Waals surface area contributed by atoms with E-state index in [2.05, 4.69) is 16.8 Å². The molecule has 0 saturated carbocycles. The zero-order valence-electron chi connectivity index (χ0n) is 11.6. The number of nitrogens with one attached hydrogen (secondary N) is 1. The van der Waals surface area contributed by atoms with Crippen molar-refractivity contribution in [1.82, 2.24) is 10.2 Å². The smallest absolute Gasteiger partial charge is 0.129 e. The summed E-state index contributed by atoms with van der Waals surface area (Å²) in [6.45, 7) is 7.89. The third-order valence-electron chi connectivity index (χ3n) is 3.40. The van der Waals surface area contributed by atoms with Gasteiger partial charge in [-0.2, -0.15) is 0 Å². The van der Waals surface area contributed by atoms with Gasteiger partial charge in [0.1, 0.15) is 18.1 Å². The highest BCUT2D eigenvalue weighted by Crippen LogP contribution is 2.27. The lowest BCUT2D eigenvalue weighted by Crippen LogP contribution is -2.45. The monoisotopic (exact) mass is 322 g/mol. The first-order chi connectivity index (χ1) is 8.85. The van der Waals surface area contributed by atoms with Crippen molar-refractivity contribution < 1.29 is 9.52 Å². The van der Waals surface area contributed by atoms with Gasteiger partial charge in [0, 0.05) is 26.2 Å². The fourth-order valence-electron chi connectivity index (χ4n) is 2.43. The lowest BCUT2D eigenvalue weighted by atomic mass is 10.1. The topological polar surface area (TPSA) is 48.6 Å². The average molecular weight is 323 g/mol. The van der Waals surface area contributed by atoms with Crippen LogP contribution in [0, 0.1) is 0 Å². The fourth-order valence-corrected chi connectivity index (χ4v) is 2.43. The number of furan rings is 1. The standard InChI is InChI=1S/C14H22N2O2.2ClH/c1-2-3-4-13(16-9-7-15-8-10-16)14-6-5-12(11-17)18-14;;/h2,5-6,13,15,17H,1,3-4,7-11H2;2*1H/t13-;;/m1../s1. The van der Waals surface area contributed by atoms with E-state index in [1.54, 1.807) is 0 Å². The molecule has 20 heavy (non-hydrogen) atoms. The molecule has 1 aromatic heterocycles. The molecule has 1 fully saturated rings. The molecular formula is C14H24Cl2N2O2. The van der Waals surface area contributed by atoms with E-state index in [1.165, 1.54) is 0 Å². The molecule has 0 radical (unpaired) electrons. The first-order valence-corrected chi connectivity index (χ1v) is 6.60. The number of hydrogen-bond donors (Lipinski definition) is 2. The van der Waals surface area contributed by atoms with E-state index in [-0.39, 0.29) is 31.4 Å². The predicted molar refractivity (Wildman–Crippen MR) is 85.7 cm³/mol. The zero-order valence-corrected chi connectivity index (χ0v) is 13.2. The molecule has 0 bridgehead atoms. The van der Waals surface area contributed by atoms with Crippen LogP contribution in [0.3, 0.4) is 0 Å². The van der Waals surface area contributed by atoms with E-state index in [9.17, 15) is 0 Å². The van der Waals surface area contributed by atoms with Crippen LogP contribution in [0.4, 0.5) is 0 Å². The minimum Gasteiger partial charge on any atom is -0.462 e. The molecule has 6 heteroatoms. The van der Waals surface area contributed by atoms with E-state index in [1.807, 2.05) is 18.2 Å². The van der Waals surface area contributed by atoms with Crippen molar-refractivity contribution >= 4 is 24.8 Å². The summed E-state index contributed by atoms with van der Waals surface area (Å²) in [5, 5.41) is 12.4. The molecule has 1 saturated heterocycles. The Labute approximate surface area is 133 Å². The summed E-state index contributed by atoms with van der Waals surface area (Å²) in [6.07, 6.45) is 3.94. The average Bonchev–Trinajstić information content (AvgIpc) is 2.89. The molecule has 0 aliphatic carbocycles. The summed E-state index contributed by atoms with van der Waals surface area (Å²) in [5.74, 6) is 1.60. The van der Waals surface area contributed by atoms with Crippen molar-refractivity contribution in [3.63, 3.8) is 0 Å². The molecule has 1 atom stereocenters. The largest absolute Gasteiger partial charge is 0.462 e. The van der Waals surface area contributed by atoms with Crippen LogP contribution < -0.4 is 5.32 Å². The molecular weight excluding hydrogens is 299 g/mol. The van der Waals surface area contributed by atoms with Crippen LogP contribution >= 0.6 is 24.8 Å². The number of halogens is 2. The highest BCUT2D eigenvalue weighted by molar-refractivity contribution is 5.85. The Balaban J connectivity index is 0.00000180. The molecule has 0 unspecified atom stereocenters. The summed E-state index contributed by atoms with van der Waals surface area (Å²) >= 11 is 0. The Hall–Kier alpha value is -0.520. The summed E-state index contributed by atoms with van der Waals surface area (Å²) < 4.78 is 5.70. The van der Waals surface area contributed by atoms with Crippen LogP contribution in [0.2, 0.25) is 0 Å². The molecule has 0 amide bonds. The molecule has 0 spiro atoms. The Morgan fingerprint density at radius 3 is 2.60 bits per heavy atom. The maximum atomic E-state index is 9.09. The van der Waals surface area contributed by atoms with Crippen LogP contribution in [0.5, 0.6) is 0 Å². The van der Waals surface area contributed by atoms with Gasteiger partial charge in [0.2, 0.25) is 0 Å². The van der Waals surface area contributed by atoms with Crippen LogP contribution in [0.25, 0.3) is 0 Å². The van der Waals surface area contributed by atoms with Crippen LogP contribution in [0.1, 0.15) is 30.4 Å². The van der Waals surface area contributed by atoms with Crippen molar-refractivity contribution in [2.24, 2.45) is 0 Å². The second kappa shape index (κ2) is 10.2. The molecule has 2 N–H and O–H groups in total. The quantitative estimate of drug-likeness (QED) is 0.790. The highest BCUT2D eigenvalue weighted by atomic mass is 35.5. The number of hydrogen-bond acceptors (Lipinski definition) is 4. The number of allylic oxidation sites excluding steroid dienone is 1. The van der Waals surface area contributed by atoms with Gasteiger partial charge < -0.3 is 14.8 Å². The second-order valence-electron chi connectivity index (χ2n) is 4.63. The molecule has 2 heterocycles. The molecule has 4 nitrogen and oxygen atoms in total. The Morgan fingerprint density at radius 1 is 1.35 bits per heavy atom. The van der Waals surface area contributed by atoms with E-state index in [0.717, 1.165) is 44.8 Å². The molecule has 0 aromatic carbocycles. The van der Waals surface area contributed by atoms with E-state index < -0.39 is 0 Å². The fraction of sp³-hybridized carbons (Fsp3) is 0.571. The van der Waals surface area contributed by atoms with Crippen molar-refractivity contribution in [3.05, 3.63) is 36.3 Å². The zero-order chi connectivity index (χ0) is 12.8. The van der Waals surface area contributed by atoms with Crippen LogP contribution in [-0.4, -0.2) is 36.2 Å².